The van der Waals surface area contributed by atoms with E-state index in [2.05, 4.69) is 10.3 Å². The van der Waals surface area contributed by atoms with Crippen LogP contribution in [0.2, 0.25) is 0 Å². The number of nitrogens with zero attached hydrogens (tertiary/aromatic N) is 2. The van der Waals surface area contributed by atoms with Crippen molar-refractivity contribution in [3.05, 3.63) is 83.2 Å². The highest BCUT2D eigenvalue weighted by atomic mass is 32.1. The molecule has 7 heteroatoms. The number of rotatable bonds is 4. The van der Waals surface area contributed by atoms with E-state index in [0.717, 1.165) is 10.4 Å². The third kappa shape index (κ3) is 3.44. The molecule has 2 aromatic carbocycles. The van der Waals surface area contributed by atoms with E-state index in [0.29, 0.717) is 15.9 Å². The van der Waals surface area contributed by atoms with Crippen molar-refractivity contribution in [2.75, 3.05) is 5.32 Å². The van der Waals surface area contributed by atoms with Gasteiger partial charge in [-0.05, 0) is 42.8 Å². The van der Waals surface area contributed by atoms with E-state index in [1.807, 2.05) is 36.4 Å². The number of amides is 1. The van der Waals surface area contributed by atoms with Gasteiger partial charge in [-0.15, -0.1) is 11.3 Å². The lowest BCUT2D eigenvalue weighted by molar-refractivity contribution is -0.118. The van der Waals surface area contributed by atoms with Crippen molar-refractivity contribution in [1.29, 1.82) is 0 Å². The topological polar surface area (TPSA) is 64.0 Å². The highest BCUT2D eigenvalue weighted by Crippen LogP contribution is 2.30. The number of fused-ring (bicyclic) bond motifs is 1. The van der Waals surface area contributed by atoms with Crippen molar-refractivity contribution in [3.63, 3.8) is 0 Å². The van der Waals surface area contributed by atoms with Gasteiger partial charge in [0.15, 0.2) is 0 Å². The van der Waals surface area contributed by atoms with E-state index in [1.165, 1.54) is 46.5 Å². The minimum atomic E-state index is -0.769. The maximum Gasteiger partial charge on any atom is 0.262 e. The van der Waals surface area contributed by atoms with Crippen LogP contribution in [0, 0.1) is 5.82 Å². The molecule has 0 saturated heterocycles. The molecule has 0 bridgehead atoms. The number of carbonyl (C=O) groups is 1. The number of carbonyl (C=O) groups excluding carboxylic acids is 1. The normalized spacial score (nSPS) is 12.1. The minimum absolute atomic E-state index is 0.273. The number of anilines is 1. The fourth-order valence-electron chi connectivity index (χ4n) is 2.86. The van der Waals surface area contributed by atoms with Gasteiger partial charge in [0.2, 0.25) is 5.91 Å². The van der Waals surface area contributed by atoms with Crippen molar-refractivity contribution in [1.82, 2.24) is 9.55 Å². The van der Waals surface area contributed by atoms with Gasteiger partial charge in [0.05, 0.1) is 11.7 Å². The molecule has 0 aliphatic carbocycles. The second-order valence-electron chi connectivity index (χ2n) is 6.32. The van der Waals surface area contributed by atoms with Crippen LogP contribution in [-0.4, -0.2) is 15.5 Å². The summed E-state index contributed by atoms with van der Waals surface area (Å²) in [6, 6.07) is 16.3. The van der Waals surface area contributed by atoms with E-state index >= 15 is 0 Å². The fraction of sp³-hybridized carbons (Fsp3) is 0.0952. The maximum atomic E-state index is 13.0. The van der Waals surface area contributed by atoms with Crippen LogP contribution in [0.3, 0.4) is 0 Å². The van der Waals surface area contributed by atoms with E-state index in [9.17, 15) is 14.0 Å². The van der Waals surface area contributed by atoms with Crippen LogP contribution in [0.1, 0.15) is 13.0 Å². The standard InChI is InChI=1S/C21H16FN3O2S/c1-13(19(26)24-16-9-7-15(22)8-10-16)25-12-23-20-17(21(25)27)11-18(28-20)14-5-3-2-4-6-14/h2-13H,1H3,(H,24,26). The molecule has 0 radical (unpaired) electrons. The first-order chi connectivity index (χ1) is 13.5. The SMILES string of the molecule is CC(C(=O)Nc1ccc(F)cc1)n1cnc2sc(-c3ccccc3)cc2c1=O. The fourth-order valence-corrected chi connectivity index (χ4v) is 3.86. The Morgan fingerprint density at radius 1 is 1.14 bits per heavy atom. The molecule has 140 valence electrons. The Morgan fingerprint density at radius 2 is 1.86 bits per heavy atom. The number of hydrogen-bond acceptors (Lipinski definition) is 4. The number of thiophene rings is 1. The second-order valence-corrected chi connectivity index (χ2v) is 7.36. The summed E-state index contributed by atoms with van der Waals surface area (Å²) in [7, 11) is 0. The van der Waals surface area contributed by atoms with Gasteiger partial charge in [0, 0.05) is 10.6 Å². The van der Waals surface area contributed by atoms with Gasteiger partial charge in [-0.25, -0.2) is 9.37 Å². The Bertz CT molecular complexity index is 1200. The summed E-state index contributed by atoms with van der Waals surface area (Å²) in [6.07, 6.45) is 1.39. The molecule has 1 N–H and O–H groups in total. The van der Waals surface area contributed by atoms with Gasteiger partial charge in [0.25, 0.3) is 5.56 Å². The molecule has 2 heterocycles. The summed E-state index contributed by atoms with van der Waals surface area (Å²) in [4.78, 5) is 31.4. The third-order valence-corrected chi connectivity index (χ3v) is 5.54. The molecule has 0 spiro atoms. The molecule has 1 atom stereocenters. The quantitative estimate of drug-likeness (QED) is 0.557. The summed E-state index contributed by atoms with van der Waals surface area (Å²) in [5.74, 6) is -0.767. The predicted molar refractivity (Wildman–Crippen MR) is 109 cm³/mol. The van der Waals surface area contributed by atoms with Crippen molar-refractivity contribution in [2.24, 2.45) is 0 Å². The zero-order valence-corrected chi connectivity index (χ0v) is 15.7. The first-order valence-electron chi connectivity index (χ1n) is 8.65. The van der Waals surface area contributed by atoms with Crippen molar-refractivity contribution < 1.29 is 9.18 Å². The van der Waals surface area contributed by atoms with Gasteiger partial charge < -0.3 is 5.32 Å². The zero-order chi connectivity index (χ0) is 19.7. The molecule has 0 aliphatic rings. The number of aromatic nitrogens is 2. The average molecular weight is 393 g/mol. The van der Waals surface area contributed by atoms with Crippen molar-refractivity contribution >= 4 is 33.1 Å². The van der Waals surface area contributed by atoms with Crippen LogP contribution in [0.25, 0.3) is 20.7 Å². The lowest BCUT2D eigenvalue weighted by Crippen LogP contribution is -2.31. The van der Waals surface area contributed by atoms with Crippen LogP contribution in [0.4, 0.5) is 10.1 Å². The van der Waals surface area contributed by atoms with Gasteiger partial charge in [0.1, 0.15) is 16.7 Å². The summed E-state index contributed by atoms with van der Waals surface area (Å²) in [6.45, 7) is 1.62. The molecule has 4 rings (SSSR count). The Morgan fingerprint density at radius 3 is 2.57 bits per heavy atom. The van der Waals surface area contributed by atoms with Crippen molar-refractivity contribution in [2.45, 2.75) is 13.0 Å². The number of halogens is 1. The molecule has 1 unspecified atom stereocenters. The Hall–Kier alpha value is -3.32. The molecule has 0 fully saturated rings. The smallest absolute Gasteiger partial charge is 0.262 e. The highest BCUT2D eigenvalue weighted by Gasteiger charge is 2.19. The van der Waals surface area contributed by atoms with Crippen LogP contribution in [0.5, 0.6) is 0 Å². The Labute approximate surface area is 164 Å². The summed E-state index contributed by atoms with van der Waals surface area (Å²) < 4.78 is 14.3. The molecule has 1 amide bonds. The first kappa shape index (κ1) is 18.1. The maximum absolute atomic E-state index is 13.0. The third-order valence-electron chi connectivity index (χ3n) is 4.44. The molecule has 0 saturated carbocycles. The van der Waals surface area contributed by atoms with E-state index in [1.54, 1.807) is 6.92 Å². The van der Waals surface area contributed by atoms with E-state index < -0.39 is 6.04 Å². The van der Waals surface area contributed by atoms with Crippen molar-refractivity contribution in [3.8, 4) is 10.4 Å². The molecular formula is C21H16FN3O2S. The van der Waals surface area contributed by atoms with Gasteiger partial charge in [-0.3, -0.25) is 14.2 Å². The molecule has 2 aromatic heterocycles. The van der Waals surface area contributed by atoms with Crippen LogP contribution >= 0.6 is 11.3 Å². The van der Waals surface area contributed by atoms with Crippen LogP contribution in [-0.2, 0) is 4.79 Å². The molecule has 0 aliphatic heterocycles. The number of nitrogens with one attached hydrogen (secondary N) is 1. The zero-order valence-electron chi connectivity index (χ0n) is 14.9. The average Bonchev–Trinajstić information content (AvgIpc) is 3.15. The van der Waals surface area contributed by atoms with Gasteiger partial charge in [-0.1, -0.05) is 30.3 Å². The lowest BCUT2D eigenvalue weighted by atomic mass is 10.2. The van der Waals surface area contributed by atoms with Crippen LogP contribution < -0.4 is 10.9 Å². The summed E-state index contributed by atoms with van der Waals surface area (Å²) >= 11 is 1.44. The minimum Gasteiger partial charge on any atom is -0.324 e. The Kier molecular flexibility index (Phi) is 4.75. The van der Waals surface area contributed by atoms with Crippen LogP contribution in [0.15, 0.2) is 71.8 Å². The summed E-state index contributed by atoms with van der Waals surface area (Å²) in [5.41, 5.74) is 1.20. The summed E-state index contributed by atoms with van der Waals surface area (Å²) in [5, 5.41) is 3.16. The predicted octanol–water partition coefficient (Wildman–Crippen LogP) is 4.46. The molecule has 4 aromatic rings. The van der Waals surface area contributed by atoms with E-state index in [-0.39, 0.29) is 17.3 Å². The highest BCUT2D eigenvalue weighted by molar-refractivity contribution is 7.21. The number of hydrogen-bond donors (Lipinski definition) is 1. The van der Waals surface area contributed by atoms with E-state index in [4.69, 9.17) is 0 Å². The lowest BCUT2D eigenvalue weighted by Gasteiger charge is -2.14. The monoisotopic (exact) mass is 393 g/mol. The molecular weight excluding hydrogens is 377 g/mol. The van der Waals surface area contributed by atoms with Gasteiger partial charge in [-0.2, -0.15) is 0 Å². The Balaban J connectivity index is 1.64. The largest absolute Gasteiger partial charge is 0.324 e. The molecule has 5 nitrogen and oxygen atoms in total. The molecule has 28 heavy (non-hydrogen) atoms. The number of benzene rings is 2. The first-order valence-corrected chi connectivity index (χ1v) is 9.47. The van der Waals surface area contributed by atoms with Gasteiger partial charge >= 0.3 is 0 Å². The second kappa shape index (κ2) is 7.36.